The summed E-state index contributed by atoms with van der Waals surface area (Å²) in [5.41, 5.74) is 0.732. The van der Waals surface area contributed by atoms with E-state index in [1.54, 1.807) is 6.07 Å². The lowest BCUT2D eigenvalue weighted by Gasteiger charge is -2.15. The lowest BCUT2D eigenvalue weighted by molar-refractivity contribution is -0.142. The molecule has 0 aliphatic carbocycles. The van der Waals surface area contributed by atoms with E-state index in [-0.39, 0.29) is 5.82 Å². The summed E-state index contributed by atoms with van der Waals surface area (Å²) in [6.07, 6.45) is 0.620. The van der Waals surface area contributed by atoms with Gasteiger partial charge in [-0.3, -0.25) is 4.79 Å². The number of halogens is 1. The Morgan fingerprint density at radius 1 is 1.40 bits per heavy atom. The number of hydrogen-bond donors (Lipinski definition) is 2. The Balaban J connectivity index is 2.54. The monoisotopic (exact) mass is 283 g/mol. The van der Waals surface area contributed by atoms with Crippen molar-refractivity contribution >= 4 is 5.97 Å². The van der Waals surface area contributed by atoms with Crippen LogP contribution >= 0.6 is 0 Å². The molecule has 0 aliphatic heterocycles. The summed E-state index contributed by atoms with van der Waals surface area (Å²) in [5, 5.41) is 12.2. The van der Waals surface area contributed by atoms with Crippen LogP contribution in [0.4, 0.5) is 4.39 Å². The van der Waals surface area contributed by atoms with E-state index < -0.39 is 11.9 Å². The molecule has 1 aromatic rings. The van der Waals surface area contributed by atoms with Crippen LogP contribution in [0, 0.1) is 17.7 Å². The Morgan fingerprint density at radius 3 is 2.65 bits per heavy atom. The summed E-state index contributed by atoms with van der Waals surface area (Å²) in [6.45, 7) is 4.77. The minimum absolute atomic E-state index is 0.326. The van der Waals surface area contributed by atoms with Gasteiger partial charge in [-0.2, -0.15) is 0 Å². The van der Waals surface area contributed by atoms with Crippen LogP contribution in [-0.4, -0.2) is 24.7 Å². The lowest BCUT2D eigenvalue weighted by Crippen LogP contribution is -2.29. The normalized spacial score (nSPS) is 12.4. The average Bonchev–Trinajstić information content (AvgIpc) is 2.36. The fourth-order valence-electron chi connectivity index (χ4n) is 2.07. The molecule has 1 unspecified atom stereocenters. The summed E-state index contributed by atoms with van der Waals surface area (Å²) >= 11 is 0. The van der Waals surface area contributed by atoms with Crippen molar-refractivity contribution in [3.63, 3.8) is 0 Å². The minimum atomic E-state index is -0.803. The van der Waals surface area contributed by atoms with E-state index in [2.05, 4.69) is 5.32 Å². The van der Waals surface area contributed by atoms with Crippen LogP contribution in [0.1, 0.15) is 25.8 Å². The van der Waals surface area contributed by atoms with Gasteiger partial charge in [0.25, 0.3) is 0 Å². The minimum Gasteiger partial charge on any atom is -0.497 e. The Bertz CT molecular complexity index is 449. The van der Waals surface area contributed by atoms with Crippen molar-refractivity contribution in [1.82, 2.24) is 5.32 Å². The van der Waals surface area contributed by atoms with E-state index in [4.69, 9.17) is 9.84 Å². The van der Waals surface area contributed by atoms with Crippen LogP contribution in [0.3, 0.4) is 0 Å². The molecule has 5 heteroatoms. The maximum atomic E-state index is 13.3. The van der Waals surface area contributed by atoms with E-state index in [0.29, 0.717) is 31.2 Å². The summed E-state index contributed by atoms with van der Waals surface area (Å²) in [4.78, 5) is 11.1. The van der Waals surface area contributed by atoms with Gasteiger partial charge in [0.2, 0.25) is 0 Å². The highest BCUT2D eigenvalue weighted by atomic mass is 19.1. The number of nitrogens with one attached hydrogen (secondary N) is 1. The number of aliphatic carboxylic acids is 1. The van der Waals surface area contributed by atoms with Crippen molar-refractivity contribution in [3.05, 3.63) is 29.6 Å². The van der Waals surface area contributed by atoms with Gasteiger partial charge in [0.15, 0.2) is 0 Å². The number of benzene rings is 1. The standard InChI is InChI=1S/C15H22FNO3/c1-10(2)4-12(15(18)19)9-17-8-11-5-13(16)7-14(6-11)20-3/h5-7,10,12,17H,4,8-9H2,1-3H3,(H,18,19). The van der Waals surface area contributed by atoms with Gasteiger partial charge < -0.3 is 15.2 Å². The van der Waals surface area contributed by atoms with Crippen LogP contribution in [0.2, 0.25) is 0 Å². The summed E-state index contributed by atoms with van der Waals surface area (Å²) in [7, 11) is 1.48. The van der Waals surface area contributed by atoms with Crippen molar-refractivity contribution in [2.75, 3.05) is 13.7 Å². The molecule has 0 radical (unpaired) electrons. The first-order chi connectivity index (χ1) is 9.42. The SMILES string of the molecule is COc1cc(F)cc(CNCC(CC(C)C)C(=O)O)c1. The molecule has 112 valence electrons. The molecular weight excluding hydrogens is 261 g/mol. The Morgan fingerprint density at radius 2 is 2.10 bits per heavy atom. The highest BCUT2D eigenvalue weighted by molar-refractivity contribution is 5.70. The van der Waals surface area contributed by atoms with Crippen LogP contribution in [0.15, 0.2) is 18.2 Å². The highest BCUT2D eigenvalue weighted by Crippen LogP contribution is 2.16. The topological polar surface area (TPSA) is 58.6 Å². The number of ether oxygens (including phenoxy) is 1. The van der Waals surface area contributed by atoms with Crippen molar-refractivity contribution < 1.29 is 19.0 Å². The lowest BCUT2D eigenvalue weighted by atomic mass is 9.97. The van der Waals surface area contributed by atoms with E-state index in [9.17, 15) is 9.18 Å². The van der Waals surface area contributed by atoms with E-state index in [1.807, 2.05) is 13.8 Å². The van der Waals surface area contributed by atoms with Crippen LogP contribution in [0.5, 0.6) is 5.75 Å². The average molecular weight is 283 g/mol. The number of carboxylic acid groups (broad SMARTS) is 1. The summed E-state index contributed by atoms with van der Waals surface area (Å²) < 4.78 is 18.3. The Kier molecular flexibility index (Phi) is 6.45. The Hall–Kier alpha value is -1.62. The summed E-state index contributed by atoms with van der Waals surface area (Å²) in [5.74, 6) is -0.808. The van der Waals surface area contributed by atoms with E-state index in [1.165, 1.54) is 19.2 Å². The third-order valence-electron chi connectivity index (χ3n) is 2.99. The van der Waals surface area contributed by atoms with Gasteiger partial charge in [0.1, 0.15) is 11.6 Å². The molecule has 1 atom stereocenters. The zero-order chi connectivity index (χ0) is 15.1. The van der Waals surface area contributed by atoms with E-state index >= 15 is 0 Å². The first-order valence-corrected chi connectivity index (χ1v) is 6.69. The van der Waals surface area contributed by atoms with Gasteiger partial charge in [-0.05, 0) is 30.0 Å². The molecule has 1 rings (SSSR count). The van der Waals surface area contributed by atoms with Gasteiger partial charge in [0, 0.05) is 19.2 Å². The van der Waals surface area contributed by atoms with Crippen molar-refractivity contribution in [2.45, 2.75) is 26.8 Å². The molecule has 0 saturated heterocycles. The van der Waals surface area contributed by atoms with Gasteiger partial charge in [0.05, 0.1) is 13.0 Å². The number of rotatable bonds is 8. The summed E-state index contributed by atoms with van der Waals surface area (Å²) in [6, 6.07) is 4.45. The molecule has 0 saturated carbocycles. The molecule has 0 fully saturated rings. The third kappa shape index (κ3) is 5.57. The van der Waals surface area contributed by atoms with E-state index in [0.717, 1.165) is 5.56 Å². The van der Waals surface area contributed by atoms with Gasteiger partial charge in [-0.15, -0.1) is 0 Å². The predicted octanol–water partition coefficient (Wildman–Crippen LogP) is 2.67. The molecule has 0 amide bonds. The maximum absolute atomic E-state index is 13.3. The van der Waals surface area contributed by atoms with Crippen molar-refractivity contribution in [2.24, 2.45) is 11.8 Å². The fraction of sp³-hybridized carbons (Fsp3) is 0.533. The highest BCUT2D eigenvalue weighted by Gasteiger charge is 2.18. The number of carbonyl (C=O) groups is 1. The molecule has 0 bridgehead atoms. The second-order valence-corrected chi connectivity index (χ2v) is 5.29. The molecule has 0 aromatic heterocycles. The molecule has 0 heterocycles. The maximum Gasteiger partial charge on any atom is 0.307 e. The second-order valence-electron chi connectivity index (χ2n) is 5.29. The zero-order valence-corrected chi connectivity index (χ0v) is 12.1. The molecule has 0 spiro atoms. The van der Waals surface area contributed by atoms with Crippen LogP contribution < -0.4 is 10.1 Å². The number of hydrogen-bond acceptors (Lipinski definition) is 3. The molecular formula is C15H22FNO3. The molecule has 20 heavy (non-hydrogen) atoms. The van der Waals surface area contributed by atoms with Crippen molar-refractivity contribution in [3.8, 4) is 5.75 Å². The fourth-order valence-corrected chi connectivity index (χ4v) is 2.07. The first-order valence-electron chi connectivity index (χ1n) is 6.69. The largest absolute Gasteiger partial charge is 0.497 e. The third-order valence-corrected chi connectivity index (χ3v) is 2.99. The smallest absolute Gasteiger partial charge is 0.307 e. The van der Waals surface area contributed by atoms with Crippen molar-refractivity contribution in [1.29, 1.82) is 0 Å². The Labute approximate surface area is 119 Å². The van der Waals surface area contributed by atoms with Gasteiger partial charge in [-0.25, -0.2) is 4.39 Å². The molecule has 4 nitrogen and oxygen atoms in total. The number of methoxy groups -OCH3 is 1. The number of carboxylic acids is 1. The molecule has 1 aromatic carbocycles. The predicted molar refractivity (Wildman–Crippen MR) is 75.2 cm³/mol. The molecule has 2 N–H and O–H groups in total. The zero-order valence-electron chi connectivity index (χ0n) is 12.1. The quantitative estimate of drug-likeness (QED) is 0.770. The first kappa shape index (κ1) is 16.4. The van der Waals surface area contributed by atoms with Crippen LogP contribution in [0.25, 0.3) is 0 Å². The van der Waals surface area contributed by atoms with Crippen LogP contribution in [-0.2, 0) is 11.3 Å². The second kappa shape index (κ2) is 7.85. The van der Waals surface area contributed by atoms with Gasteiger partial charge in [-0.1, -0.05) is 13.8 Å². The molecule has 0 aliphatic rings. The van der Waals surface area contributed by atoms with Gasteiger partial charge >= 0.3 is 5.97 Å².